The summed E-state index contributed by atoms with van der Waals surface area (Å²) in [6, 6.07) is 12.1. The molecule has 162 valence electrons. The molecule has 0 saturated heterocycles. The Balaban J connectivity index is 1.79. The number of rotatable bonds is 7. The van der Waals surface area contributed by atoms with Gasteiger partial charge in [0, 0.05) is 6.04 Å². The van der Waals surface area contributed by atoms with E-state index in [1.165, 1.54) is 16.4 Å². The van der Waals surface area contributed by atoms with E-state index in [1.54, 1.807) is 43.3 Å². The molecule has 1 N–H and O–H groups in total. The van der Waals surface area contributed by atoms with Crippen molar-refractivity contribution in [2.75, 3.05) is 6.54 Å². The Labute approximate surface area is 178 Å². The molecule has 0 aromatic heterocycles. The van der Waals surface area contributed by atoms with E-state index in [-0.39, 0.29) is 35.2 Å². The molecule has 30 heavy (non-hydrogen) atoms. The molecular weight excluding hydrogens is 403 g/mol. The van der Waals surface area contributed by atoms with Gasteiger partial charge in [0.1, 0.15) is 5.82 Å². The standard InChI is InChI=1S/C23H29FN2O3S/c1-17-8-14-22(15-9-17)30(28,29)26(21-6-4-3-5-7-21)16-23(27)25-18(2)19-10-12-20(24)13-11-19/h8-15,18,21H,3-7,16H2,1-2H3,(H,25,27)/t18-/m0/s1. The number of halogens is 1. The Morgan fingerprint density at radius 2 is 1.67 bits per heavy atom. The van der Waals surface area contributed by atoms with Crippen molar-refractivity contribution in [2.45, 2.75) is 62.9 Å². The Bertz CT molecular complexity index is 953. The second kappa shape index (κ2) is 9.71. The van der Waals surface area contributed by atoms with Crippen molar-refractivity contribution >= 4 is 15.9 Å². The molecule has 0 unspecified atom stereocenters. The van der Waals surface area contributed by atoms with E-state index in [0.29, 0.717) is 0 Å². The largest absolute Gasteiger partial charge is 0.348 e. The van der Waals surface area contributed by atoms with Crippen molar-refractivity contribution in [3.8, 4) is 0 Å². The van der Waals surface area contributed by atoms with Crippen molar-refractivity contribution < 1.29 is 17.6 Å². The fourth-order valence-corrected chi connectivity index (χ4v) is 5.53. The summed E-state index contributed by atoms with van der Waals surface area (Å²) in [4.78, 5) is 13.0. The van der Waals surface area contributed by atoms with Gasteiger partial charge >= 0.3 is 0 Å². The predicted octanol–water partition coefficient (Wildman–Crippen LogP) is 4.33. The Morgan fingerprint density at radius 3 is 2.27 bits per heavy atom. The van der Waals surface area contributed by atoms with Crippen LogP contribution in [0.2, 0.25) is 0 Å². The first-order chi connectivity index (χ1) is 14.3. The quantitative estimate of drug-likeness (QED) is 0.708. The van der Waals surface area contributed by atoms with Crippen molar-refractivity contribution in [1.29, 1.82) is 0 Å². The number of sulfonamides is 1. The number of aryl methyl sites for hydroxylation is 1. The maximum atomic E-state index is 13.4. The molecule has 1 saturated carbocycles. The second-order valence-electron chi connectivity index (χ2n) is 8.00. The maximum Gasteiger partial charge on any atom is 0.243 e. The lowest BCUT2D eigenvalue weighted by molar-refractivity contribution is -0.122. The number of hydrogen-bond acceptors (Lipinski definition) is 3. The van der Waals surface area contributed by atoms with E-state index in [9.17, 15) is 17.6 Å². The van der Waals surface area contributed by atoms with Gasteiger partial charge in [0.2, 0.25) is 15.9 Å². The van der Waals surface area contributed by atoms with Crippen LogP contribution < -0.4 is 5.32 Å². The van der Waals surface area contributed by atoms with Gasteiger partial charge in [-0.25, -0.2) is 12.8 Å². The lowest BCUT2D eigenvalue weighted by atomic mass is 9.95. The van der Waals surface area contributed by atoms with Gasteiger partial charge in [-0.05, 0) is 56.5 Å². The van der Waals surface area contributed by atoms with Gasteiger partial charge in [0.05, 0.1) is 17.5 Å². The highest BCUT2D eigenvalue weighted by molar-refractivity contribution is 7.89. The van der Waals surface area contributed by atoms with Gasteiger partial charge in [-0.1, -0.05) is 49.1 Å². The smallest absolute Gasteiger partial charge is 0.243 e. The molecule has 2 aromatic carbocycles. The number of amides is 1. The molecular formula is C23H29FN2O3S. The Morgan fingerprint density at radius 1 is 1.07 bits per heavy atom. The van der Waals surface area contributed by atoms with Gasteiger partial charge in [-0.2, -0.15) is 4.31 Å². The zero-order chi connectivity index (χ0) is 21.7. The maximum absolute atomic E-state index is 13.4. The van der Waals surface area contributed by atoms with E-state index in [4.69, 9.17) is 0 Å². The van der Waals surface area contributed by atoms with Crippen LogP contribution in [0.4, 0.5) is 4.39 Å². The second-order valence-corrected chi connectivity index (χ2v) is 9.89. The zero-order valence-electron chi connectivity index (χ0n) is 17.5. The van der Waals surface area contributed by atoms with Gasteiger partial charge in [0.15, 0.2) is 0 Å². The number of nitrogens with one attached hydrogen (secondary N) is 1. The Kier molecular flexibility index (Phi) is 7.26. The predicted molar refractivity (Wildman–Crippen MR) is 115 cm³/mol. The molecule has 1 fully saturated rings. The summed E-state index contributed by atoms with van der Waals surface area (Å²) in [6.07, 6.45) is 4.51. The highest BCUT2D eigenvalue weighted by Gasteiger charge is 2.34. The third-order valence-electron chi connectivity index (χ3n) is 5.66. The van der Waals surface area contributed by atoms with Crippen molar-refractivity contribution in [3.05, 3.63) is 65.5 Å². The van der Waals surface area contributed by atoms with Crippen LogP contribution in [0.1, 0.15) is 56.2 Å². The fraction of sp³-hybridized carbons (Fsp3) is 0.435. The summed E-state index contributed by atoms with van der Waals surface area (Å²) in [5, 5.41) is 2.85. The van der Waals surface area contributed by atoms with Crippen LogP contribution in [0.25, 0.3) is 0 Å². The average molecular weight is 433 g/mol. The molecule has 1 atom stereocenters. The highest BCUT2D eigenvalue weighted by Crippen LogP contribution is 2.28. The molecule has 2 aromatic rings. The first-order valence-electron chi connectivity index (χ1n) is 10.4. The lowest BCUT2D eigenvalue weighted by Crippen LogP contribution is -2.47. The zero-order valence-corrected chi connectivity index (χ0v) is 18.3. The molecule has 0 bridgehead atoms. The van der Waals surface area contributed by atoms with Crippen molar-refractivity contribution in [1.82, 2.24) is 9.62 Å². The summed E-state index contributed by atoms with van der Waals surface area (Å²) >= 11 is 0. The van der Waals surface area contributed by atoms with E-state index < -0.39 is 10.0 Å². The summed E-state index contributed by atoms with van der Waals surface area (Å²) in [5.74, 6) is -0.710. The third kappa shape index (κ3) is 5.46. The highest BCUT2D eigenvalue weighted by atomic mass is 32.2. The number of hydrogen-bond donors (Lipinski definition) is 1. The van der Waals surface area contributed by atoms with Gasteiger partial charge in [0.25, 0.3) is 0 Å². The minimum absolute atomic E-state index is 0.183. The molecule has 1 amide bonds. The number of nitrogens with zero attached hydrogens (tertiary/aromatic N) is 1. The fourth-order valence-electron chi connectivity index (χ4n) is 3.89. The molecule has 1 aliphatic rings. The molecule has 1 aliphatic carbocycles. The number of carbonyl (C=O) groups excluding carboxylic acids is 1. The normalized spacial score (nSPS) is 16.4. The van der Waals surface area contributed by atoms with E-state index in [1.807, 2.05) is 6.92 Å². The number of benzene rings is 2. The first-order valence-corrected chi connectivity index (χ1v) is 11.8. The van der Waals surface area contributed by atoms with Crippen LogP contribution in [-0.4, -0.2) is 31.2 Å². The molecule has 7 heteroatoms. The SMILES string of the molecule is Cc1ccc(S(=O)(=O)N(CC(=O)N[C@@H](C)c2ccc(F)cc2)C2CCCCC2)cc1. The van der Waals surface area contributed by atoms with Crippen molar-refractivity contribution in [3.63, 3.8) is 0 Å². The molecule has 3 rings (SSSR count). The topological polar surface area (TPSA) is 66.5 Å². The van der Waals surface area contributed by atoms with Crippen LogP contribution in [0, 0.1) is 12.7 Å². The summed E-state index contributed by atoms with van der Waals surface area (Å²) in [7, 11) is -3.80. The molecule has 0 heterocycles. The minimum Gasteiger partial charge on any atom is -0.348 e. The van der Waals surface area contributed by atoms with Gasteiger partial charge < -0.3 is 5.32 Å². The molecule has 5 nitrogen and oxygen atoms in total. The van der Waals surface area contributed by atoms with Gasteiger partial charge in [-0.3, -0.25) is 4.79 Å². The van der Waals surface area contributed by atoms with Crippen molar-refractivity contribution in [2.24, 2.45) is 0 Å². The van der Waals surface area contributed by atoms with E-state index >= 15 is 0 Å². The van der Waals surface area contributed by atoms with Crippen LogP contribution in [-0.2, 0) is 14.8 Å². The molecule has 0 aliphatic heterocycles. The minimum atomic E-state index is -3.80. The average Bonchev–Trinajstić information content (AvgIpc) is 2.73. The van der Waals surface area contributed by atoms with Crippen LogP contribution in [0.3, 0.4) is 0 Å². The van der Waals surface area contributed by atoms with Crippen LogP contribution >= 0.6 is 0 Å². The van der Waals surface area contributed by atoms with E-state index in [2.05, 4.69) is 5.32 Å². The van der Waals surface area contributed by atoms with Crippen LogP contribution in [0.5, 0.6) is 0 Å². The molecule has 0 spiro atoms. The monoisotopic (exact) mass is 432 g/mol. The third-order valence-corrected chi connectivity index (χ3v) is 7.57. The van der Waals surface area contributed by atoms with Gasteiger partial charge in [-0.15, -0.1) is 0 Å². The number of carbonyl (C=O) groups is 1. The van der Waals surface area contributed by atoms with Crippen LogP contribution in [0.15, 0.2) is 53.4 Å². The summed E-state index contributed by atoms with van der Waals surface area (Å²) < 4.78 is 41.3. The lowest BCUT2D eigenvalue weighted by Gasteiger charge is -2.33. The summed E-state index contributed by atoms with van der Waals surface area (Å²) in [5.41, 5.74) is 1.74. The van der Waals surface area contributed by atoms with E-state index in [0.717, 1.165) is 43.2 Å². The summed E-state index contributed by atoms with van der Waals surface area (Å²) in [6.45, 7) is 3.47. The molecule has 0 radical (unpaired) electrons. The Hall–Kier alpha value is -2.25. The first kappa shape index (κ1) is 22.4.